The Bertz CT molecular complexity index is 1760. The third-order valence-electron chi connectivity index (χ3n) is 6.72. The van der Waals surface area contributed by atoms with E-state index in [-0.39, 0.29) is 18.0 Å². The largest absolute Gasteiger partial charge is 0.497 e. The Labute approximate surface area is 244 Å². The Morgan fingerprint density at radius 3 is 2.07 bits per heavy atom. The smallest absolute Gasteiger partial charge is 0.243 e. The lowest BCUT2D eigenvalue weighted by molar-refractivity contribution is 0.359. The number of methoxy groups -OCH3 is 2. The Balaban J connectivity index is 1.63. The van der Waals surface area contributed by atoms with Gasteiger partial charge in [0.1, 0.15) is 11.6 Å². The fraction of sp³-hybridized carbons (Fsp3) is 0.156. The number of aromatic nitrogens is 2. The molecule has 0 amide bonds. The number of hydrogen-bond donors (Lipinski definition) is 0. The van der Waals surface area contributed by atoms with Gasteiger partial charge in [0, 0.05) is 13.1 Å². The van der Waals surface area contributed by atoms with E-state index in [2.05, 4.69) is 0 Å². The van der Waals surface area contributed by atoms with E-state index >= 15 is 0 Å². The molecule has 5 aromatic rings. The lowest BCUT2D eigenvalue weighted by atomic mass is 10.2. The molecule has 0 aliphatic rings. The molecule has 4 aromatic carbocycles. The van der Waals surface area contributed by atoms with Gasteiger partial charge in [-0.2, -0.15) is 9.40 Å². The van der Waals surface area contributed by atoms with E-state index in [0.29, 0.717) is 39.9 Å². The van der Waals surface area contributed by atoms with Crippen LogP contribution in [-0.4, -0.2) is 36.7 Å². The van der Waals surface area contributed by atoms with Crippen LogP contribution < -0.4 is 14.2 Å². The number of benzene rings is 4. The van der Waals surface area contributed by atoms with Gasteiger partial charge in [0.25, 0.3) is 0 Å². The van der Waals surface area contributed by atoms with Crippen LogP contribution in [0.25, 0.3) is 5.69 Å². The number of aryl methyl sites for hydroxylation is 1. The van der Waals surface area contributed by atoms with Gasteiger partial charge >= 0.3 is 0 Å². The summed E-state index contributed by atoms with van der Waals surface area (Å²) in [5.74, 6) is 1.43. The first kappa shape index (κ1) is 28.8. The highest BCUT2D eigenvalue weighted by Gasteiger charge is 2.30. The Morgan fingerprint density at radius 2 is 1.43 bits per heavy atom. The van der Waals surface area contributed by atoms with Crippen LogP contribution in [0.15, 0.2) is 108 Å². The molecule has 0 unspecified atom stereocenters. The second-order valence-electron chi connectivity index (χ2n) is 9.44. The number of halogens is 1. The van der Waals surface area contributed by atoms with Crippen molar-refractivity contribution >= 4 is 10.0 Å². The third kappa shape index (κ3) is 6.14. The van der Waals surface area contributed by atoms with E-state index in [1.54, 1.807) is 55.1 Å². The highest BCUT2D eigenvalue weighted by Crippen LogP contribution is 2.37. The molecule has 42 heavy (non-hydrogen) atoms. The maximum atomic E-state index is 14.1. The monoisotopic (exact) mass is 587 g/mol. The minimum Gasteiger partial charge on any atom is -0.497 e. The van der Waals surface area contributed by atoms with Gasteiger partial charge in [-0.05, 0) is 73.2 Å². The van der Waals surface area contributed by atoms with Crippen LogP contribution in [0.5, 0.6) is 23.1 Å². The quantitative estimate of drug-likeness (QED) is 0.175. The molecule has 10 heteroatoms. The Hall–Kier alpha value is -4.67. The van der Waals surface area contributed by atoms with Crippen molar-refractivity contribution in [3.05, 3.63) is 126 Å². The normalized spacial score (nSPS) is 11.5. The van der Waals surface area contributed by atoms with Crippen molar-refractivity contribution in [1.82, 2.24) is 14.1 Å². The molecule has 0 spiro atoms. The van der Waals surface area contributed by atoms with E-state index in [0.717, 1.165) is 5.69 Å². The first-order valence-electron chi connectivity index (χ1n) is 13.1. The van der Waals surface area contributed by atoms with Gasteiger partial charge in [-0.25, -0.2) is 17.5 Å². The molecule has 0 aliphatic heterocycles. The molecule has 0 bridgehead atoms. The summed E-state index contributed by atoms with van der Waals surface area (Å²) >= 11 is 0. The predicted octanol–water partition coefficient (Wildman–Crippen LogP) is 6.52. The van der Waals surface area contributed by atoms with Gasteiger partial charge in [-0.3, -0.25) is 0 Å². The maximum Gasteiger partial charge on any atom is 0.243 e. The molecule has 1 aromatic heterocycles. The van der Waals surface area contributed by atoms with Crippen LogP contribution in [0.1, 0.15) is 16.8 Å². The zero-order valence-corrected chi connectivity index (χ0v) is 24.2. The molecule has 5 rings (SSSR count). The van der Waals surface area contributed by atoms with Crippen molar-refractivity contribution in [1.29, 1.82) is 0 Å². The van der Waals surface area contributed by atoms with E-state index in [4.69, 9.17) is 19.3 Å². The van der Waals surface area contributed by atoms with Crippen molar-refractivity contribution in [3.63, 3.8) is 0 Å². The van der Waals surface area contributed by atoms with E-state index < -0.39 is 15.8 Å². The van der Waals surface area contributed by atoms with Crippen molar-refractivity contribution in [2.75, 3.05) is 14.2 Å². The van der Waals surface area contributed by atoms with Gasteiger partial charge in [0.15, 0.2) is 11.5 Å². The minimum atomic E-state index is -4.04. The Kier molecular flexibility index (Phi) is 8.56. The molecule has 1 heterocycles. The summed E-state index contributed by atoms with van der Waals surface area (Å²) < 4.78 is 62.0. The van der Waals surface area contributed by atoms with Crippen molar-refractivity contribution in [2.24, 2.45) is 0 Å². The molecular weight excluding hydrogens is 557 g/mol. The first-order valence-corrected chi connectivity index (χ1v) is 14.6. The predicted molar refractivity (Wildman–Crippen MR) is 157 cm³/mol. The molecule has 0 radical (unpaired) electrons. The average Bonchev–Trinajstić information content (AvgIpc) is 3.32. The lowest BCUT2D eigenvalue weighted by Gasteiger charge is -2.23. The third-order valence-corrected chi connectivity index (χ3v) is 8.52. The van der Waals surface area contributed by atoms with E-state index in [1.165, 1.54) is 35.7 Å². The molecule has 0 fully saturated rings. The van der Waals surface area contributed by atoms with E-state index in [1.807, 2.05) is 42.5 Å². The van der Waals surface area contributed by atoms with Gasteiger partial charge in [0.05, 0.1) is 36.1 Å². The first-order chi connectivity index (χ1) is 20.3. The molecule has 0 N–H and O–H groups in total. The summed E-state index contributed by atoms with van der Waals surface area (Å²) in [6.07, 6.45) is 0. The van der Waals surface area contributed by atoms with Crippen LogP contribution in [0.3, 0.4) is 0 Å². The summed E-state index contributed by atoms with van der Waals surface area (Å²) in [7, 11) is -0.975. The van der Waals surface area contributed by atoms with Crippen molar-refractivity contribution in [2.45, 2.75) is 24.9 Å². The zero-order valence-electron chi connectivity index (χ0n) is 23.4. The van der Waals surface area contributed by atoms with Crippen LogP contribution >= 0.6 is 0 Å². The number of hydrogen-bond acceptors (Lipinski definition) is 6. The fourth-order valence-electron chi connectivity index (χ4n) is 4.47. The number of para-hydroxylation sites is 3. The van der Waals surface area contributed by atoms with Gasteiger partial charge < -0.3 is 14.2 Å². The number of ether oxygens (including phenoxy) is 3. The number of rotatable bonds is 11. The molecule has 216 valence electrons. The van der Waals surface area contributed by atoms with Crippen LogP contribution in [-0.2, 0) is 23.1 Å². The summed E-state index contributed by atoms with van der Waals surface area (Å²) in [4.78, 5) is 0.0886. The summed E-state index contributed by atoms with van der Waals surface area (Å²) in [6.45, 7) is 1.72. The molecule has 8 nitrogen and oxygen atoms in total. The van der Waals surface area contributed by atoms with Crippen LogP contribution in [0.4, 0.5) is 4.39 Å². The summed E-state index contributed by atoms with van der Waals surface area (Å²) in [5, 5.41) is 4.74. The Morgan fingerprint density at radius 1 is 0.786 bits per heavy atom. The second kappa shape index (κ2) is 12.5. The zero-order chi connectivity index (χ0) is 29.7. The fourth-order valence-corrected chi connectivity index (χ4v) is 5.87. The van der Waals surface area contributed by atoms with Crippen LogP contribution in [0.2, 0.25) is 0 Å². The minimum absolute atomic E-state index is 0.0152. The van der Waals surface area contributed by atoms with Crippen LogP contribution in [0, 0.1) is 12.7 Å². The second-order valence-corrected chi connectivity index (χ2v) is 11.4. The molecule has 0 saturated carbocycles. The molecule has 0 saturated heterocycles. The SMILES string of the molecule is COc1ccc(S(=O)(=O)N(Cc2ccc(F)cc2)Cc2c(C)nn(-c3ccccc3)c2Oc2ccccc2OC)cc1. The molecule has 0 aliphatic carbocycles. The number of nitrogens with zero attached hydrogens (tertiary/aromatic N) is 3. The lowest BCUT2D eigenvalue weighted by Crippen LogP contribution is -2.30. The van der Waals surface area contributed by atoms with E-state index in [9.17, 15) is 12.8 Å². The standard InChI is InChI=1S/C32H30FN3O5S/c1-23-29(32(36(34-23)26-9-5-4-6-10-26)41-31-12-8-7-11-30(31)40-3)22-35(21-24-13-15-25(33)16-14-24)42(37,38)28-19-17-27(39-2)18-20-28/h4-20H,21-22H2,1-3H3. The highest BCUT2D eigenvalue weighted by atomic mass is 32.2. The topological polar surface area (TPSA) is 82.9 Å². The summed E-state index contributed by atoms with van der Waals surface area (Å²) in [6, 6.07) is 28.6. The van der Waals surface area contributed by atoms with Gasteiger partial charge in [0.2, 0.25) is 15.9 Å². The highest BCUT2D eigenvalue weighted by molar-refractivity contribution is 7.89. The van der Waals surface area contributed by atoms with Crippen molar-refractivity contribution < 1.29 is 27.0 Å². The average molecular weight is 588 g/mol. The van der Waals surface area contributed by atoms with Gasteiger partial charge in [-0.1, -0.05) is 42.5 Å². The van der Waals surface area contributed by atoms with Gasteiger partial charge in [-0.15, -0.1) is 0 Å². The number of sulfonamides is 1. The molecular formula is C32H30FN3O5S. The molecule has 0 atom stereocenters. The van der Waals surface area contributed by atoms with Crippen molar-refractivity contribution in [3.8, 4) is 28.8 Å². The summed E-state index contributed by atoms with van der Waals surface area (Å²) in [5.41, 5.74) is 2.50. The maximum absolute atomic E-state index is 14.1.